The third-order valence-electron chi connectivity index (χ3n) is 2.86. The number of hydrogen-bond donors (Lipinski definition) is 1. The summed E-state index contributed by atoms with van der Waals surface area (Å²) >= 11 is 13.3. The van der Waals surface area contributed by atoms with Crippen LogP contribution in [0, 0.1) is 0 Å². The number of alkyl halides is 2. The Bertz CT molecular complexity index is 606. The molecule has 2 aromatic rings. The van der Waals surface area contributed by atoms with Crippen LogP contribution in [0.15, 0.2) is 30.3 Å². The number of halogens is 4. The summed E-state index contributed by atoms with van der Waals surface area (Å²) in [5.74, 6) is 0.123. The lowest BCUT2D eigenvalue weighted by Crippen LogP contribution is -2.18. The van der Waals surface area contributed by atoms with Gasteiger partial charge in [0.15, 0.2) is 0 Å². The molecule has 0 radical (unpaired) electrons. The molecule has 0 spiro atoms. The average Bonchev–Trinajstić information content (AvgIpc) is 2.85. The summed E-state index contributed by atoms with van der Waals surface area (Å²) in [6, 6.07) is 8.37. The Labute approximate surface area is 135 Å². The van der Waals surface area contributed by atoms with Gasteiger partial charge in [-0.15, -0.1) is 11.3 Å². The highest BCUT2D eigenvalue weighted by molar-refractivity contribution is 7.16. The van der Waals surface area contributed by atoms with E-state index in [0.29, 0.717) is 21.5 Å². The van der Waals surface area contributed by atoms with Crippen molar-refractivity contribution in [1.82, 2.24) is 5.32 Å². The Morgan fingerprint density at radius 1 is 1.24 bits per heavy atom. The molecule has 0 amide bonds. The molecule has 7 heteroatoms. The zero-order valence-corrected chi connectivity index (χ0v) is 13.4. The van der Waals surface area contributed by atoms with E-state index < -0.39 is 6.61 Å². The number of rotatable bonds is 6. The monoisotopic (exact) mass is 351 g/mol. The van der Waals surface area contributed by atoms with E-state index in [1.807, 2.05) is 19.1 Å². The van der Waals surface area contributed by atoms with Gasteiger partial charge in [-0.1, -0.05) is 23.2 Å². The molecule has 0 aliphatic carbocycles. The Kier molecular flexibility index (Phi) is 5.81. The summed E-state index contributed by atoms with van der Waals surface area (Å²) in [5, 5.41) is 3.71. The van der Waals surface area contributed by atoms with Gasteiger partial charge in [-0.05, 0) is 37.3 Å². The van der Waals surface area contributed by atoms with Gasteiger partial charge in [0.25, 0.3) is 0 Å². The van der Waals surface area contributed by atoms with Crippen molar-refractivity contribution in [3.63, 3.8) is 0 Å². The summed E-state index contributed by atoms with van der Waals surface area (Å²) < 4.78 is 30.0. The molecule has 114 valence electrons. The van der Waals surface area contributed by atoms with Crippen molar-refractivity contribution in [1.29, 1.82) is 0 Å². The highest BCUT2D eigenvalue weighted by atomic mass is 35.5. The highest BCUT2D eigenvalue weighted by Gasteiger charge is 2.13. The SMILES string of the molecule is CC(NCc1cc(Cl)ccc1OC(F)F)c1ccc(Cl)s1. The summed E-state index contributed by atoms with van der Waals surface area (Å²) in [4.78, 5) is 1.07. The zero-order chi connectivity index (χ0) is 15.4. The number of thiophene rings is 1. The molecule has 1 N–H and O–H groups in total. The van der Waals surface area contributed by atoms with Crippen molar-refractivity contribution >= 4 is 34.5 Å². The molecule has 2 rings (SSSR count). The normalized spacial score (nSPS) is 12.7. The standard InChI is InChI=1S/C14H13Cl2F2NOS/c1-8(12-4-5-13(16)21-12)19-7-9-6-10(15)2-3-11(9)20-14(17)18/h2-6,8,14,19H,7H2,1H3. The van der Waals surface area contributed by atoms with E-state index in [1.165, 1.54) is 23.5 Å². The van der Waals surface area contributed by atoms with E-state index in [4.69, 9.17) is 23.2 Å². The Hall–Kier alpha value is -0.880. The van der Waals surface area contributed by atoms with Gasteiger partial charge in [-0.2, -0.15) is 8.78 Å². The van der Waals surface area contributed by atoms with Crippen LogP contribution in [0.2, 0.25) is 9.36 Å². The predicted molar refractivity (Wildman–Crippen MR) is 82.7 cm³/mol. The van der Waals surface area contributed by atoms with Gasteiger partial charge in [0.2, 0.25) is 0 Å². The molecule has 1 heterocycles. The number of benzene rings is 1. The van der Waals surface area contributed by atoms with Crippen LogP contribution in [0.4, 0.5) is 8.78 Å². The first-order valence-electron chi connectivity index (χ1n) is 6.17. The maximum absolute atomic E-state index is 12.4. The fourth-order valence-electron chi connectivity index (χ4n) is 1.82. The number of hydrogen-bond acceptors (Lipinski definition) is 3. The Morgan fingerprint density at radius 3 is 2.62 bits per heavy atom. The summed E-state index contributed by atoms with van der Waals surface area (Å²) in [6.45, 7) is -0.530. The molecule has 2 nitrogen and oxygen atoms in total. The van der Waals surface area contributed by atoms with Gasteiger partial charge in [-0.3, -0.25) is 0 Å². The fraction of sp³-hybridized carbons (Fsp3) is 0.286. The van der Waals surface area contributed by atoms with E-state index in [2.05, 4.69) is 10.1 Å². The summed E-state index contributed by atoms with van der Waals surface area (Å²) in [6.07, 6.45) is 0. The first-order chi connectivity index (χ1) is 9.95. The molecule has 1 atom stereocenters. The molecule has 21 heavy (non-hydrogen) atoms. The van der Waals surface area contributed by atoms with Gasteiger partial charge in [0.1, 0.15) is 5.75 Å². The first-order valence-corrected chi connectivity index (χ1v) is 7.75. The van der Waals surface area contributed by atoms with Crippen molar-refractivity contribution in [2.24, 2.45) is 0 Å². The van der Waals surface area contributed by atoms with E-state index in [9.17, 15) is 8.78 Å². The summed E-state index contributed by atoms with van der Waals surface area (Å²) in [7, 11) is 0. The molecule has 0 saturated carbocycles. The van der Waals surface area contributed by atoms with Gasteiger partial charge in [0.05, 0.1) is 4.34 Å². The van der Waals surface area contributed by atoms with Crippen molar-refractivity contribution < 1.29 is 13.5 Å². The Balaban J connectivity index is 2.06. The van der Waals surface area contributed by atoms with Gasteiger partial charge >= 0.3 is 6.61 Å². The Morgan fingerprint density at radius 2 is 2.00 bits per heavy atom. The lowest BCUT2D eigenvalue weighted by Gasteiger charge is -2.15. The molecular weight excluding hydrogens is 339 g/mol. The lowest BCUT2D eigenvalue weighted by molar-refractivity contribution is -0.0505. The fourth-order valence-corrected chi connectivity index (χ4v) is 3.10. The highest BCUT2D eigenvalue weighted by Crippen LogP contribution is 2.28. The van der Waals surface area contributed by atoms with Crippen LogP contribution in [0.25, 0.3) is 0 Å². The molecule has 1 aromatic heterocycles. The molecule has 0 bridgehead atoms. The van der Waals surface area contributed by atoms with E-state index in [1.54, 1.807) is 6.07 Å². The average molecular weight is 352 g/mol. The molecule has 0 saturated heterocycles. The minimum Gasteiger partial charge on any atom is -0.434 e. The smallest absolute Gasteiger partial charge is 0.387 e. The second kappa shape index (κ2) is 7.40. The topological polar surface area (TPSA) is 21.3 Å². The quantitative estimate of drug-likeness (QED) is 0.740. The number of nitrogens with one attached hydrogen (secondary N) is 1. The third kappa shape index (κ3) is 4.81. The van der Waals surface area contributed by atoms with Crippen LogP contribution < -0.4 is 10.1 Å². The minimum absolute atomic E-state index is 0.0425. The molecule has 1 aromatic carbocycles. The van der Waals surface area contributed by atoms with Crippen LogP contribution in [0.5, 0.6) is 5.75 Å². The summed E-state index contributed by atoms with van der Waals surface area (Å²) in [5.41, 5.74) is 0.581. The second-order valence-corrected chi connectivity index (χ2v) is 6.56. The van der Waals surface area contributed by atoms with Crippen molar-refractivity contribution in [3.8, 4) is 5.75 Å². The van der Waals surface area contributed by atoms with Crippen molar-refractivity contribution in [2.75, 3.05) is 0 Å². The van der Waals surface area contributed by atoms with E-state index >= 15 is 0 Å². The maximum Gasteiger partial charge on any atom is 0.387 e. The van der Waals surface area contributed by atoms with Gasteiger partial charge in [-0.25, -0.2) is 0 Å². The van der Waals surface area contributed by atoms with Gasteiger partial charge in [0, 0.05) is 28.0 Å². The van der Waals surface area contributed by atoms with Crippen molar-refractivity contribution in [2.45, 2.75) is 26.1 Å². The van der Waals surface area contributed by atoms with Crippen LogP contribution in [0.3, 0.4) is 0 Å². The molecule has 0 aliphatic heterocycles. The minimum atomic E-state index is -2.86. The zero-order valence-electron chi connectivity index (χ0n) is 11.1. The van der Waals surface area contributed by atoms with Crippen LogP contribution in [0.1, 0.15) is 23.4 Å². The first kappa shape index (κ1) is 16.5. The largest absolute Gasteiger partial charge is 0.434 e. The lowest BCUT2D eigenvalue weighted by atomic mass is 10.2. The molecular formula is C14H13Cl2F2NOS. The van der Waals surface area contributed by atoms with Crippen LogP contribution in [-0.4, -0.2) is 6.61 Å². The molecule has 0 fully saturated rings. The maximum atomic E-state index is 12.4. The van der Waals surface area contributed by atoms with Gasteiger partial charge < -0.3 is 10.1 Å². The van der Waals surface area contributed by atoms with Crippen molar-refractivity contribution in [3.05, 3.63) is 50.1 Å². The predicted octanol–water partition coefficient (Wildman–Crippen LogP) is 5.51. The molecule has 1 unspecified atom stereocenters. The number of ether oxygens (including phenoxy) is 1. The third-order valence-corrected chi connectivity index (χ3v) is 4.51. The van der Waals surface area contributed by atoms with Crippen LogP contribution >= 0.6 is 34.5 Å². The molecule has 0 aliphatic rings. The second-order valence-electron chi connectivity index (χ2n) is 4.38. The van der Waals surface area contributed by atoms with E-state index in [0.717, 1.165) is 4.88 Å². The van der Waals surface area contributed by atoms with E-state index in [-0.39, 0.29) is 11.8 Å². The van der Waals surface area contributed by atoms with Crippen LogP contribution in [-0.2, 0) is 6.54 Å².